The van der Waals surface area contributed by atoms with Crippen molar-refractivity contribution in [1.82, 2.24) is 35.5 Å². The number of aliphatic hydroxyl groups excluding tert-OH is 1. The van der Waals surface area contributed by atoms with Gasteiger partial charge in [-0.1, -0.05) is 35.3 Å². The molecule has 0 spiro atoms. The second-order valence-electron chi connectivity index (χ2n) is 7.96. The second kappa shape index (κ2) is 11.2. The molecule has 0 unspecified atom stereocenters. The molecule has 1 aliphatic rings. The molecule has 0 radical (unpaired) electrons. The van der Waals surface area contributed by atoms with E-state index in [1.807, 2.05) is 24.3 Å². The van der Waals surface area contributed by atoms with Gasteiger partial charge in [0.2, 0.25) is 0 Å². The van der Waals surface area contributed by atoms with E-state index in [9.17, 15) is 4.79 Å². The number of thiophene rings is 1. The van der Waals surface area contributed by atoms with Crippen molar-refractivity contribution in [2.45, 2.75) is 19.3 Å². The van der Waals surface area contributed by atoms with Gasteiger partial charge in [0.1, 0.15) is 16.5 Å². The number of aromatic nitrogens is 6. The van der Waals surface area contributed by atoms with E-state index in [-0.39, 0.29) is 12.5 Å². The van der Waals surface area contributed by atoms with Crippen molar-refractivity contribution in [3.05, 3.63) is 51.6 Å². The highest BCUT2D eigenvalue weighted by atomic mass is 32.2. The smallest absolute Gasteiger partial charge is 0.266 e. The number of thioether (sulfide) groups is 1. The fraction of sp³-hybridized carbons (Fsp3) is 0.261. The van der Waals surface area contributed by atoms with Crippen molar-refractivity contribution in [1.29, 1.82) is 0 Å². The Labute approximate surface area is 220 Å². The largest absolute Gasteiger partial charge is 0.395 e. The molecule has 1 amide bonds. The number of amides is 1. The molecule has 0 aliphatic carbocycles. The lowest BCUT2D eigenvalue weighted by molar-refractivity contribution is -0.122. The number of hydrogen-bond acceptors (Lipinski definition) is 11. The molecule has 0 bridgehead atoms. The lowest BCUT2D eigenvalue weighted by atomic mass is 10.1. The van der Waals surface area contributed by atoms with Crippen LogP contribution in [0.3, 0.4) is 0 Å². The van der Waals surface area contributed by atoms with Crippen LogP contribution in [0.25, 0.3) is 28.1 Å². The zero-order chi connectivity index (χ0) is 24.9. The number of aliphatic hydroxyl groups is 1. The first kappa shape index (κ1) is 24.4. The molecule has 1 fully saturated rings. The van der Waals surface area contributed by atoms with Crippen LogP contribution in [0.1, 0.15) is 23.5 Å². The van der Waals surface area contributed by atoms with Crippen LogP contribution in [0.15, 0.2) is 40.9 Å². The number of nitrogens with zero attached hydrogens (tertiary/aromatic N) is 6. The standard InChI is InChI=1S/C23H22N8O2S3/c32-8-6-24-21-17-10-14(4-5-18(17)25-13-26-21)15-9-16(35-12-15)11-19-22(33)31(23(34)36-19)7-2-1-3-20-27-29-30-28-20/h4-5,9-13,32H,1-3,6-8H2,(H,24,25,26)(H,27,28,29,30)/b19-11-. The molecule has 3 aromatic heterocycles. The third-order valence-electron chi connectivity index (χ3n) is 5.56. The van der Waals surface area contributed by atoms with Crippen molar-refractivity contribution in [3.63, 3.8) is 0 Å². The molecule has 3 N–H and O–H groups in total. The Balaban J connectivity index is 1.27. The van der Waals surface area contributed by atoms with E-state index >= 15 is 0 Å². The quantitative estimate of drug-likeness (QED) is 0.156. The molecule has 1 aromatic carbocycles. The zero-order valence-corrected chi connectivity index (χ0v) is 21.5. The number of thiocarbonyl (C=S) groups is 1. The Morgan fingerprint density at radius 3 is 2.94 bits per heavy atom. The van der Waals surface area contributed by atoms with E-state index in [0.717, 1.165) is 39.7 Å². The number of benzene rings is 1. The normalized spacial score (nSPS) is 14.9. The number of tetrazole rings is 1. The van der Waals surface area contributed by atoms with Crippen LogP contribution in [-0.4, -0.2) is 70.5 Å². The average molecular weight is 539 g/mol. The summed E-state index contributed by atoms with van der Waals surface area (Å²) < 4.78 is 0.583. The summed E-state index contributed by atoms with van der Waals surface area (Å²) in [5.74, 6) is 1.31. The highest BCUT2D eigenvalue weighted by Gasteiger charge is 2.31. The minimum Gasteiger partial charge on any atom is -0.395 e. The molecule has 36 heavy (non-hydrogen) atoms. The van der Waals surface area contributed by atoms with Gasteiger partial charge in [-0.2, -0.15) is 5.21 Å². The third-order valence-corrected chi connectivity index (χ3v) is 7.82. The Bertz CT molecular complexity index is 1420. The summed E-state index contributed by atoms with van der Waals surface area (Å²) in [7, 11) is 0. The molecule has 4 aromatic rings. The van der Waals surface area contributed by atoms with Gasteiger partial charge in [0, 0.05) is 29.8 Å². The number of unbranched alkanes of at least 4 members (excludes halogenated alkanes) is 1. The Morgan fingerprint density at radius 1 is 1.19 bits per heavy atom. The number of nitrogens with one attached hydrogen (secondary N) is 2. The molecule has 4 heterocycles. The zero-order valence-electron chi connectivity index (χ0n) is 19.0. The maximum atomic E-state index is 13.0. The summed E-state index contributed by atoms with van der Waals surface area (Å²) in [5, 5.41) is 29.1. The molecule has 10 nitrogen and oxygen atoms in total. The van der Waals surface area contributed by atoms with Crippen molar-refractivity contribution in [2.75, 3.05) is 25.0 Å². The Morgan fingerprint density at radius 2 is 2.11 bits per heavy atom. The van der Waals surface area contributed by atoms with Crippen molar-refractivity contribution >= 4 is 68.3 Å². The monoisotopic (exact) mass is 538 g/mol. The van der Waals surface area contributed by atoms with Gasteiger partial charge >= 0.3 is 0 Å². The first-order chi connectivity index (χ1) is 17.6. The number of carbonyl (C=O) groups excluding carboxylic acids is 1. The summed E-state index contributed by atoms with van der Waals surface area (Å²) >= 11 is 8.38. The third kappa shape index (κ3) is 5.43. The van der Waals surface area contributed by atoms with Crippen LogP contribution >= 0.6 is 35.3 Å². The maximum Gasteiger partial charge on any atom is 0.266 e. The topological polar surface area (TPSA) is 133 Å². The van der Waals surface area contributed by atoms with Crippen molar-refractivity contribution in [2.24, 2.45) is 0 Å². The van der Waals surface area contributed by atoms with E-state index < -0.39 is 0 Å². The van der Waals surface area contributed by atoms with Crippen LogP contribution in [0.4, 0.5) is 5.82 Å². The summed E-state index contributed by atoms with van der Waals surface area (Å²) in [4.78, 5) is 24.9. The SMILES string of the molecule is O=C1/C(=C/c2cc(-c3ccc4ncnc(NCCO)c4c3)cs2)SC(=S)N1CCCCc1nn[nH]n1. The van der Waals surface area contributed by atoms with Crippen LogP contribution < -0.4 is 5.32 Å². The molecule has 13 heteroatoms. The van der Waals surface area contributed by atoms with Gasteiger partial charge < -0.3 is 10.4 Å². The van der Waals surface area contributed by atoms with Crippen LogP contribution in [-0.2, 0) is 11.2 Å². The molecular weight excluding hydrogens is 517 g/mol. The maximum absolute atomic E-state index is 13.0. The van der Waals surface area contributed by atoms with E-state index in [1.165, 1.54) is 18.1 Å². The van der Waals surface area contributed by atoms with Gasteiger partial charge in [-0.3, -0.25) is 9.69 Å². The average Bonchev–Trinajstić information content (AvgIpc) is 3.63. The predicted molar refractivity (Wildman–Crippen MR) is 145 cm³/mol. The van der Waals surface area contributed by atoms with Crippen LogP contribution in [0, 0.1) is 0 Å². The van der Waals surface area contributed by atoms with Gasteiger partial charge in [-0.15, -0.1) is 21.5 Å². The molecular formula is C23H22N8O2S3. The highest BCUT2D eigenvalue weighted by Crippen LogP contribution is 2.36. The van der Waals surface area contributed by atoms with E-state index in [4.69, 9.17) is 17.3 Å². The van der Waals surface area contributed by atoms with Gasteiger partial charge in [-0.25, -0.2) is 9.97 Å². The molecule has 184 valence electrons. The summed E-state index contributed by atoms with van der Waals surface area (Å²) in [6.45, 7) is 1.00. The van der Waals surface area contributed by atoms with Crippen molar-refractivity contribution in [3.8, 4) is 11.1 Å². The summed E-state index contributed by atoms with van der Waals surface area (Å²) in [5.41, 5.74) is 2.89. The highest BCUT2D eigenvalue weighted by molar-refractivity contribution is 8.26. The first-order valence-corrected chi connectivity index (χ1v) is 13.4. The molecule has 5 rings (SSSR count). The minimum absolute atomic E-state index is 0.0194. The number of rotatable bonds is 10. The fourth-order valence-electron chi connectivity index (χ4n) is 3.79. The number of aromatic amines is 1. The number of fused-ring (bicyclic) bond motifs is 1. The lowest BCUT2D eigenvalue weighted by Gasteiger charge is -2.13. The second-order valence-corrected chi connectivity index (χ2v) is 10.6. The van der Waals surface area contributed by atoms with E-state index in [0.29, 0.717) is 40.4 Å². The number of hydrogen-bond donors (Lipinski definition) is 3. The van der Waals surface area contributed by atoms with Crippen LogP contribution in [0.5, 0.6) is 0 Å². The van der Waals surface area contributed by atoms with E-state index in [2.05, 4.69) is 47.4 Å². The van der Waals surface area contributed by atoms with Crippen molar-refractivity contribution < 1.29 is 9.90 Å². The fourth-order valence-corrected chi connectivity index (χ4v) is 6.02. The van der Waals surface area contributed by atoms with Gasteiger partial charge in [0.15, 0.2) is 5.82 Å². The molecule has 1 saturated heterocycles. The van der Waals surface area contributed by atoms with Crippen LogP contribution in [0.2, 0.25) is 0 Å². The molecule has 0 saturated carbocycles. The Hall–Kier alpha value is -3.26. The lowest BCUT2D eigenvalue weighted by Crippen LogP contribution is -2.29. The minimum atomic E-state index is -0.0537. The van der Waals surface area contributed by atoms with Gasteiger partial charge in [0.25, 0.3) is 5.91 Å². The predicted octanol–water partition coefficient (Wildman–Crippen LogP) is 3.50. The summed E-state index contributed by atoms with van der Waals surface area (Å²) in [6.07, 6.45) is 5.77. The first-order valence-electron chi connectivity index (χ1n) is 11.3. The molecule has 1 aliphatic heterocycles. The number of aryl methyl sites for hydroxylation is 1. The Kier molecular flexibility index (Phi) is 7.60. The van der Waals surface area contributed by atoms with E-state index in [1.54, 1.807) is 16.2 Å². The number of H-pyrrole nitrogens is 1. The van der Waals surface area contributed by atoms with Gasteiger partial charge in [-0.05, 0) is 53.6 Å². The number of carbonyl (C=O) groups is 1. The number of anilines is 1. The summed E-state index contributed by atoms with van der Waals surface area (Å²) in [6, 6.07) is 8.07. The molecule has 0 atom stereocenters. The van der Waals surface area contributed by atoms with Gasteiger partial charge in [0.05, 0.1) is 17.0 Å².